The van der Waals surface area contributed by atoms with Crippen LogP contribution < -0.4 is 5.32 Å². The molecule has 1 N–H and O–H groups in total. The summed E-state index contributed by atoms with van der Waals surface area (Å²) in [4.78, 5) is 6.02. The molecule has 0 aliphatic heterocycles. The van der Waals surface area contributed by atoms with E-state index in [1.54, 1.807) is 0 Å². The number of unbranched alkanes of at least 4 members (excludes halogenated alkanes) is 6. The molecule has 0 radical (unpaired) electrons. The predicted octanol–water partition coefficient (Wildman–Crippen LogP) is 5.03. The fourth-order valence-corrected chi connectivity index (χ4v) is 3.55. The first kappa shape index (κ1) is 17.6. The van der Waals surface area contributed by atoms with E-state index >= 15 is 0 Å². The van der Waals surface area contributed by atoms with E-state index in [-0.39, 0.29) is 0 Å². The molecule has 1 rings (SSSR count). The number of aryl methyl sites for hydroxylation is 2. The van der Waals surface area contributed by atoms with Gasteiger partial charge in [-0.05, 0) is 27.3 Å². The molecule has 1 aromatic rings. The van der Waals surface area contributed by atoms with E-state index in [1.165, 1.54) is 66.9 Å². The van der Waals surface area contributed by atoms with Crippen LogP contribution in [-0.2, 0) is 6.42 Å². The van der Waals surface area contributed by atoms with Gasteiger partial charge in [-0.15, -0.1) is 11.3 Å². The van der Waals surface area contributed by atoms with Gasteiger partial charge in [0.05, 0.1) is 10.7 Å². The van der Waals surface area contributed by atoms with Gasteiger partial charge in [0.25, 0.3) is 0 Å². The van der Waals surface area contributed by atoms with Crippen molar-refractivity contribution >= 4 is 11.3 Å². The Morgan fingerprint density at radius 1 is 1.05 bits per heavy atom. The van der Waals surface area contributed by atoms with Crippen LogP contribution in [0.5, 0.6) is 0 Å². The van der Waals surface area contributed by atoms with E-state index in [0.717, 1.165) is 6.42 Å². The van der Waals surface area contributed by atoms with Crippen molar-refractivity contribution in [3.63, 3.8) is 0 Å². The average Bonchev–Trinajstić information content (AvgIpc) is 2.75. The Kier molecular flexibility index (Phi) is 9.12. The summed E-state index contributed by atoms with van der Waals surface area (Å²) < 4.78 is 0. The van der Waals surface area contributed by atoms with Gasteiger partial charge in [-0.2, -0.15) is 0 Å². The minimum Gasteiger partial charge on any atom is -0.317 e. The standard InChI is InChI=1S/C17H32N2S/c1-5-6-7-8-9-10-11-12-16(18-4)13-17-19-14(2)15(3)20-17/h16,18H,5-13H2,1-4H3. The van der Waals surface area contributed by atoms with Crippen LogP contribution in [0.4, 0.5) is 0 Å². The number of rotatable bonds is 11. The fraction of sp³-hybridized carbons (Fsp3) is 0.824. The van der Waals surface area contributed by atoms with Crippen molar-refractivity contribution in [1.29, 1.82) is 0 Å². The zero-order valence-corrected chi connectivity index (χ0v) is 14.6. The third-order valence-electron chi connectivity index (χ3n) is 4.06. The maximum atomic E-state index is 4.65. The third-order valence-corrected chi connectivity index (χ3v) is 5.15. The summed E-state index contributed by atoms with van der Waals surface area (Å²) in [6.07, 6.45) is 12.1. The van der Waals surface area contributed by atoms with Gasteiger partial charge in [0, 0.05) is 17.3 Å². The number of nitrogens with zero attached hydrogens (tertiary/aromatic N) is 1. The largest absolute Gasteiger partial charge is 0.317 e. The molecule has 2 nitrogen and oxygen atoms in total. The van der Waals surface area contributed by atoms with Crippen molar-refractivity contribution in [2.45, 2.75) is 84.6 Å². The zero-order valence-electron chi connectivity index (χ0n) is 13.8. The lowest BCUT2D eigenvalue weighted by Gasteiger charge is -2.14. The predicted molar refractivity (Wildman–Crippen MR) is 90.7 cm³/mol. The molecule has 0 saturated heterocycles. The van der Waals surface area contributed by atoms with Crippen molar-refractivity contribution in [3.05, 3.63) is 15.6 Å². The number of hydrogen-bond acceptors (Lipinski definition) is 3. The summed E-state index contributed by atoms with van der Waals surface area (Å²) in [6.45, 7) is 6.56. The van der Waals surface area contributed by atoms with E-state index in [4.69, 9.17) is 0 Å². The normalized spacial score (nSPS) is 12.8. The third kappa shape index (κ3) is 6.85. The molecule has 0 saturated carbocycles. The van der Waals surface area contributed by atoms with Crippen molar-refractivity contribution in [3.8, 4) is 0 Å². The zero-order chi connectivity index (χ0) is 14.8. The van der Waals surface area contributed by atoms with Crippen LogP contribution in [-0.4, -0.2) is 18.1 Å². The molecule has 0 amide bonds. The van der Waals surface area contributed by atoms with Crippen LogP contribution in [0.1, 0.15) is 73.9 Å². The summed E-state index contributed by atoms with van der Waals surface area (Å²) in [5.74, 6) is 0. The molecule has 1 unspecified atom stereocenters. The second-order valence-corrected chi connectivity index (χ2v) is 7.14. The first-order valence-corrected chi connectivity index (χ1v) is 9.09. The molecule has 0 fully saturated rings. The van der Waals surface area contributed by atoms with Crippen molar-refractivity contribution in [1.82, 2.24) is 10.3 Å². The second-order valence-electron chi connectivity index (χ2n) is 5.85. The molecule has 0 aliphatic rings. The maximum absolute atomic E-state index is 4.65. The maximum Gasteiger partial charge on any atom is 0.0946 e. The molecular weight excluding hydrogens is 264 g/mol. The Labute approximate surface area is 129 Å². The SMILES string of the molecule is CCCCCCCCCC(Cc1nc(C)c(C)s1)NC. The Balaban J connectivity index is 2.16. The molecule has 1 atom stereocenters. The van der Waals surface area contributed by atoms with E-state index < -0.39 is 0 Å². The molecular formula is C17H32N2S. The highest BCUT2D eigenvalue weighted by Gasteiger charge is 2.11. The number of thiazole rings is 1. The summed E-state index contributed by atoms with van der Waals surface area (Å²) in [5.41, 5.74) is 1.20. The Bertz CT molecular complexity index is 340. The smallest absolute Gasteiger partial charge is 0.0946 e. The van der Waals surface area contributed by atoms with E-state index in [1.807, 2.05) is 11.3 Å². The number of hydrogen-bond donors (Lipinski definition) is 1. The monoisotopic (exact) mass is 296 g/mol. The van der Waals surface area contributed by atoms with E-state index in [9.17, 15) is 0 Å². The van der Waals surface area contributed by atoms with Gasteiger partial charge in [0.2, 0.25) is 0 Å². The van der Waals surface area contributed by atoms with Crippen LogP contribution in [0.15, 0.2) is 0 Å². The molecule has 0 aromatic carbocycles. The van der Waals surface area contributed by atoms with E-state index in [2.05, 4.69) is 38.1 Å². The molecule has 3 heteroatoms. The van der Waals surface area contributed by atoms with Gasteiger partial charge in [0.1, 0.15) is 0 Å². The molecule has 20 heavy (non-hydrogen) atoms. The lowest BCUT2D eigenvalue weighted by atomic mass is 10.0. The minimum absolute atomic E-state index is 0.593. The van der Waals surface area contributed by atoms with Crippen LogP contribution in [0, 0.1) is 13.8 Å². The molecule has 1 aromatic heterocycles. The summed E-state index contributed by atoms with van der Waals surface area (Å²) in [7, 11) is 2.08. The molecule has 0 aliphatic carbocycles. The number of nitrogens with one attached hydrogen (secondary N) is 1. The quantitative estimate of drug-likeness (QED) is 0.579. The van der Waals surface area contributed by atoms with Gasteiger partial charge in [-0.1, -0.05) is 51.9 Å². The fourth-order valence-electron chi connectivity index (χ4n) is 2.53. The molecule has 116 valence electrons. The summed E-state index contributed by atoms with van der Waals surface area (Å²) >= 11 is 1.86. The van der Waals surface area contributed by atoms with Gasteiger partial charge in [-0.3, -0.25) is 0 Å². The highest BCUT2D eigenvalue weighted by atomic mass is 32.1. The Hall–Kier alpha value is -0.410. The van der Waals surface area contributed by atoms with Crippen LogP contribution in [0.25, 0.3) is 0 Å². The minimum atomic E-state index is 0.593. The van der Waals surface area contributed by atoms with Gasteiger partial charge in [0.15, 0.2) is 0 Å². The van der Waals surface area contributed by atoms with Crippen LogP contribution in [0.3, 0.4) is 0 Å². The number of aromatic nitrogens is 1. The molecule has 0 bridgehead atoms. The van der Waals surface area contributed by atoms with Crippen molar-refractivity contribution in [2.75, 3.05) is 7.05 Å². The summed E-state index contributed by atoms with van der Waals surface area (Å²) in [6, 6.07) is 0.593. The lowest BCUT2D eigenvalue weighted by Crippen LogP contribution is -2.27. The lowest BCUT2D eigenvalue weighted by molar-refractivity contribution is 0.478. The van der Waals surface area contributed by atoms with Crippen molar-refractivity contribution in [2.24, 2.45) is 0 Å². The van der Waals surface area contributed by atoms with Crippen LogP contribution in [0.2, 0.25) is 0 Å². The van der Waals surface area contributed by atoms with Crippen LogP contribution >= 0.6 is 11.3 Å². The highest BCUT2D eigenvalue weighted by molar-refractivity contribution is 7.11. The van der Waals surface area contributed by atoms with E-state index in [0.29, 0.717) is 6.04 Å². The Morgan fingerprint density at radius 2 is 1.70 bits per heavy atom. The van der Waals surface area contributed by atoms with Gasteiger partial charge < -0.3 is 5.32 Å². The highest BCUT2D eigenvalue weighted by Crippen LogP contribution is 2.19. The molecule has 1 heterocycles. The van der Waals surface area contributed by atoms with Gasteiger partial charge >= 0.3 is 0 Å². The first-order valence-electron chi connectivity index (χ1n) is 8.27. The number of likely N-dealkylation sites (N-methyl/N-ethyl adjacent to an activating group) is 1. The topological polar surface area (TPSA) is 24.9 Å². The first-order chi connectivity index (χ1) is 9.67. The molecule has 0 spiro atoms. The summed E-state index contributed by atoms with van der Waals surface area (Å²) in [5, 5.41) is 4.75. The average molecular weight is 297 g/mol. The second kappa shape index (κ2) is 10.3. The Morgan fingerprint density at radius 3 is 2.25 bits per heavy atom. The van der Waals surface area contributed by atoms with Gasteiger partial charge in [-0.25, -0.2) is 4.98 Å². The van der Waals surface area contributed by atoms with Crippen molar-refractivity contribution < 1.29 is 0 Å².